The van der Waals surface area contributed by atoms with E-state index in [2.05, 4.69) is 17.3 Å². The monoisotopic (exact) mass is 278 g/mol. The predicted molar refractivity (Wildman–Crippen MR) is 78.2 cm³/mol. The van der Waals surface area contributed by atoms with Gasteiger partial charge in [0.15, 0.2) is 5.11 Å². The van der Waals surface area contributed by atoms with Gasteiger partial charge in [-0.2, -0.15) is 5.10 Å². The van der Waals surface area contributed by atoms with Gasteiger partial charge >= 0.3 is 0 Å². The van der Waals surface area contributed by atoms with Gasteiger partial charge in [-0.25, -0.2) is 0 Å². The number of carbonyl (C=O) groups excluding carboxylic acids is 1. The molecule has 2 rings (SSSR count). The van der Waals surface area contributed by atoms with Crippen LogP contribution in [0.1, 0.15) is 32.3 Å². The first kappa shape index (κ1) is 13.7. The molecule has 1 fully saturated rings. The molecule has 1 saturated heterocycles. The number of hydrogen-bond donors (Lipinski definition) is 1. The molecule has 1 aliphatic rings. The third-order valence-electron chi connectivity index (χ3n) is 2.99. The number of aryl methyl sites for hydroxylation is 1. The van der Waals surface area contributed by atoms with Crippen LogP contribution in [0.5, 0.6) is 0 Å². The van der Waals surface area contributed by atoms with Gasteiger partial charge in [0.1, 0.15) is 5.70 Å². The summed E-state index contributed by atoms with van der Waals surface area (Å²) in [5.74, 6) is -0.0531. The fourth-order valence-electron chi connectivity index (χ4n) is 1.88. The first-order valence-electron chi connectivity index (χ1n) is 6.52. The molecule has 19 heavy (non-hydrogen) atoms. The Morgan fingerprint density at radius 1 is 1.47 bits per heavy atom. The number of hydrogen-bond acceptors (Lipinski definition) is 3. The first-order valence-corrected chi connectivity index (χ1v) is 6.93. The molecule has 0 unspecified atom stereocenters. The van der Waals surface area contributed by atoms with E-state index in [1.54, 1.807) is 17.2 Å². The van der Waals surface area contributed by atoms with Crippen molar-refractivity contribution in [3.63, 3.8) is 0 Å². The van der Waals surface area contributed by atoms with Crippen LogP contribution in [0.25, 0.3) is 6.08 Å². The van der Waals surface area contributed by atoms with Crippen molar-refractivity contribution in [1.29, 1.82) is 0 Å². The average molecular weight is 278 g/mol. The lowest BCUT2D eigenvalue weighted by Gasteiger charge is -2.12. The molecule has 1 aromatic heterocycles. The molecule has 6 heteroatoms. The molecule has 0 aliphatic carbocycles. The third kappa shape index (κ3) is 3.01. The predicted octanol–water partition coefficient (Wildman–Crippen LogP) is 1.76. The lowest BCUT2D eigenvalue weighted by Crippen LogP contribution is -2.31. The molecule has 5 nitrogen and oxygen atoms in total. The van der Waals surface area contributed by atoms with E-state index in [0.717, 1.165) is 24.9 Å². The summed E-state index contributed by atoms with van der Waals surface area (Å²) >= 11 is 5.18. The minimum Gasteiger partial charge on any atom is -0.328 e. The van der Waals surface area contributed by atoms with Crippen LogP contribution in [0, 0.1) is 0 Å². The second-order valence-electron chi connectivity index (χ2n) is 4.43. The van der Waals surface area contributed by atoms with Gasteiger partial charge < -0.3 is 5.32 Å². The Bertz CT molecular complexity index is 520. The van der Waals surface area contributed by atoms with Crippen molar-refractivity contribution in [3.8, 4) is 0 Å². The number of thiocarbonyl (C=S) groups is 1. The van der Waals surface area contributed by atoms with Gasteiger partial charge in [-0.3, -0.25) is 14.4 Å². The van der Waals surface area contributed by atoms with Crippen LogP contribution in [0.2, 0.25) is 0 Å². The zero-order valence-corrected chi connectivity index (χ0v) is 12.0. The summed E-state index contributed by atoms with van der Waals surface area (Å²) in [7, 11) is 0. The molecule has 2 heterocycles. The van der Waals surface area contributed by atoms with Crippen LogP contribution < -0.4 is 5.32 Å². The maximum Gasteiger partial charge on any atom is 0.276 e. The zero-order valence-electron chi connectivity index (χ0n) is 11.2. The van der Waals surface area contributed by atoms with Crippen molar-refractivity contribution in [1.82, 2.24) is 20.0 Å². The number of unbranched alkanes of at least 4 members (excludes halogenated alkanes) is 1. The fourth-order valence-corrected chi connectivity index (χ4v) is 2.17. The molecular weight excluding hydrogens is 260 g/mol. The summed E-state index contributed by atoms with van der Waals surface area (Å²) in [6.07, 6.45) is 7.42. The smallest absolute Gasteiger partial charge is 0.276 e. The van der Waals surface area contributed by atoms with Crippen molar-refractivity contribution < 1.29 is 4.79 Å². The highest BCUT2D eigenvalue weighted by Crippen LogP contribution is 2.14. The van der Waals surface area contributed by atoms with Crippen LogP contribution in [-0.2, 0) is 11.3 Å². The van der Waals surface area contributed by atoms with E-state index < -0.39 is 0 Å². The maximum absolute atomic E-state index is 12.2. The standard InChI is InChI=1S/C13H18N4OS/c1-3-5-6-17-12(18)11(15-13(17)19)7-10-8-14-16(4-2)9-10/h7-9H,3-6H2,1-2H3,(H,15,19)/b11-7+. The van der Waals surface area contributed by atoms with E-state index in [0.29, 0.717) is 17.4 Å². The Balaban J connectivity index is 2.13. The van der Waals surface area contributed by atoms with Crippen LogP contribution in [0.4, 0.5) is 0 Å². The number of nitrogens with one attached hydrogen (secondary N) is 1. The van der Waals surface area contributed by atoms with E-state index in [1.165, 1.54) is 0 Å². The Morgan fingerprint density at radius 2 is 2.26 bits per heavy atom. The van der Waals surface area contributed by atoms with E-state index >= 15 is 0 Å². The average Bonchev–Trinajstić information content (AvgIpc) is 2.95. The molecule has 1 amide bonds. The number of carbonyl (C=O) groups is 1. The van der Waals surface area contributed by atoms with Gasteiger partial charge in [0, 0.05) is 24.8 Å². The summed E-state index contributed by atoms with van der Waals surface area (Å²) < 4.78 is 1.82. The largest absolute Gasteiger partial charge is 0.328 e. The van der Waals surface area contributed by atoms with Crippen molar-refractivity contribution in [3.05, 3.63) is 23.7 Å². The first-order chi connectivity index (χ1) is 9.15. The maximum atomic E-state index is 12.2. The van der Waals surface area contributed by atoms with Gasteiger partial charge in [-0.1, -0.05) is 13.3 Å². The summed E-state index contributed by atoms with van der Waals surface area (Å²) in [4.78, 5) is 13.8. The third-order valence-corrected chi connectivity index (χ3v) is 3.31. The Hall–Kier alpha value is -1.69. The van der Waals surface area contributed by atoms with Crippen LogP contribution in [0.15, 0.2) is 18.1 Å². The summed E-state index contributed by atoms with van der Waals surface area (Å²) in [6, 6.07) is 0. The molecule has 102 valence electrons. The normalized spacial score (nSPS) is 17.4. The van der Waals surface area contributed by atoms with E-state index in [-0.39, 0.29) is 5.91 Å². The molecule has 0 saturated carbocycles. The van der Waals surface area contributed by atoms with Gasteiger partial charge in [-0.15, -0.1) is 0 Å². The molecule has 1 N–H and O–H groups in total. The lowest BCUT2D eigenvalue weighted by molar-refractivity contribution is -0.122. The summed E-state index contributed by atoms with van der Waals surface area (Å²) in [5, 5.41) is 7.64. The second kappa shape index (κ2) is 5.97. The van der Waals surface area contributed by atoms with Crippen molar-refractivity contribution in [2.45, 2.75) is 33.2 Å². The minimum absolute atomic E-state index is 0.0531. The number of nitrogens with zero attached hydrogens (tertiary/aromatic N) is 3. The molecule has 0 atom stereocenters. The second-order valence-corrected chi connectivity index (χ2v) is 4.81. The van der Waals surface area contributed by atoms with E-state index in [9.17, 15) is 4.79 Å². The lowest BCUT2D eigenvalue weighted by atomic mass is 10.2. The summed E-state index contributed by atoms with van der Waals surface area (Å²) in [6.45, 7) is 5.59. The topological polar surface area (TPSA) is 50.2 Å². The number of amides is 1. The molecule has 1 aliphatic heterocycles. The molecular formula is C13H18N4OS. The van der Waals surface area contributed by atoms with Gasteiger partial charge in [0.05, 0.1) is 6.20 Å². The number of aromatic nitrogens is 2. The van der Waals surface area contributed by atoms with Crippen LogP contribution in [0.3, 0.4) is 0 Å². The van der Waals surface area contributed by atoms with Crippen LogP contribution in [-0.4, -0.2) is 32.2 Å². The minimum atomic E-state index is -0.0531. The highest BCUT2D eigenvalue weighted by Gasteiger charge is 2.29. The Morgan fingerprint density at radius 3 is 2.89 bits per heavy atom. The van der Waals surface area contributed by atoms with Gasteiger partial charge in [-0.05, 0) is 31.6 Å². The molecule has 1 aromatic rings. The van der Waals surface area contributed by atoms with Gasteiger partial charge in [0.2, 0.25) is 0 Å². The molecule has 0 spiro atoms. The van der Waals surface area contributed by atoms with Crippen molar-refractivity contribution in [2.24, 2.45) is 0 Å². The highest BCUT2D eigenvalue weighted by atomic mass is 32.1. The van der Waals surface area contributed by atoms with Gasteiger partial charge in [0.25, 0.3) is 5.91 Å². The Kier molecular flexibility index (Phi) is 4.31. The van der Waals surface area contributed by atoms with E-state index in [1.807, 2.05) is 17.8 Å². The summed E-state index contributed by atoms with van der Waals surface area (Å²) in [5.41, 5.74) is 1.43. The van der Waals surface area contributed by atoms with Crippen molar-refractivity contribution in [2.75, 3.05) is 6.54 Å². The number of rotatable bonds is 5. The Labute approximate surface area is 118 Å². The molecule has 0 bridgehead atoms. The molecule has 0 radical (unpaired) electrons. The molecule has 0 aromatic carbocycles. The fraction of sp³-hybridized carbons (Fsp3) is 0.462. The van der Waals surface area contributed by atoms with Crippen molar-refractivity contribution >= 4 is 29.3 Å². The quantitative estimate of drug-likeness (QED) is 0.658. The SMILES string of the molecule is CCCCN1C(=O)/C(=C\c2cnn(CC)c2)NC1=S. The zero-order chi connectivity index (χ0) is 13.8. The van der Waals surface area contributed by atoms with E-state index in [4.69, 9.17) is 12.2 Å². The van der Waals surface area contributed by atoms with Crippen LogP contribution >= 0.6 is 12.2 Å². The highest BCUT2D eigenvalue weighted by molar-refractivity contribution is 7.80.